The van der Waals surface area contributed by atoms with Crippen LogP contribution in [0.25, 0.3) is 0 Å². The summed E-state index contributed by atoms with van der Waals surface area (Å²) in [6.45, 7) is 5.45. The van der Waals surface area contributed by atoms with Gasteiger partial charge in [0.05, 0.1) is 5.41 Å². The molecule has 1 atom stereocenters. The van der Waals surface area contributed by atoms with Crippen LogP contribution in [0.4, 0.5) is 4.79 Å². The van der Waals surface area contributed by atoms with Gasteiger partial charge in [-0.05, 0) is 38.0 Å². The highest BCUT2D eigenvalue weighted by Crippen LogP contribution is 2.43. The molecule has 2 rings (SSSR count). The van der Waals surface area contributed by atoms with Gasteiger partial charge in [0.15, 0.2) is 0 Å². The highest BCUT2D eigenvalue weighted by Gasteiger charge is 2.42. The molecule has 0 spiro atoms. The molecule has 108 valence electrons. The Morgan fingerprint density at radius 3 is 2.42 bits per heavy atom. The topological polar surface area (TPSA) is 69.6 Å². The van der Waals surface area contributed by atoms with Crippen molar-refractivity contribution < 1.29 is 14.7 Å². The van der Waals surface area contributed by atoms with E-state index < -0.39 is 11.4 Å². The first kappa shape index (κ1) is 14.2. The Morgan fingerprint density at radius 2 is 2.00 bits per heavy atom. The van der Waals surface area contributed by atoms with Gasteiger partial charge in [0, 0.05) is 19.6 Å². The van der Waals surface area contributed by atoms with Crippen molar-refractivity contribution in [3.8, 4) is 0 Å². The summed E-state index contributed by atoms with van der Waals surface area (Å²) in [5.74, 6) is -0.813. The van der Waals surface area contributed by atoms with Gasteiger partial charge >= 0.3 is 12.0 Å². The lowest BCUT2D eigenvalue weighted by molar-refractivity contribution is -0.147. The Balaban J connectivity index is 1.83. The van der Waals surface area contributed by atoms with Gasteiger partial charge in [-0.1, -0.05) is 13.3 Å². The maximum atomic E-state index is 12.1. The number of amides is 2. The molecule has 1 saturated heterocycles. The van der Waals surface area contributed by atoms with Crippen LogP contribution in [0, 0.1) is 10.8 Å². The first-order valence-electron chi connectivity index (χ1n) is 7.17. The molecule has 1 aliphatic carbocycles. The third kappa shape index (κ3) is 2.69. The molecule has 1 heterocycles. The fourth-order valence-electron chi connectivity index (χ4n) is 3.02. The maximum absolute atomic E-state index is 12.1. The van der Waals surface area contributed by atoms with E-state index in [-0.39, 0.29) is 6.03 Å². The summed E-state index contributed by atoms with van der Waals surface area (Å²) in [6.07, 6.45) is 5.27. The highest BCUT2D eigenvalue weighted by molar-refractivity contribution is 5.79. The number of rotatable bonds is 4. The quantitative estimate of drug-likeness (QED) is 0.820. The molecule has 1 unspecified atom stereocenters. The predicted octanol–water partition coefficient (Wildman–Crippen LogP) is 2.07. The average molecular weight is 268 g/mol. The Morgan fingerprint density at radius 1 is 1.32 bits per heavy atom. The number of carboxylic acids is 1. The van der Waals surface area contributed by atoms with E-state index in [0.29, 0.717) is 24.9 Å². The molecule has 5 heteroatoms. The Bertz CT molecular complexity index is 373. The number of hydrogen-bond acceptors (Lipinski definition) is 2. The van der Waals surface area contributed by atoms with Crippen LogP contribution >= 0.6 is 0 Å². The number of aliphatic carboxylic acids is 1. The summed E-state index contributed by atoms with van der Waals surface area (Å²) in [5.41, 5.74) is -0.484. The van der Waals surface area contributed by atoms with Crippen molar-refractivity contribution in [3.63, 3.8) is 0 Å². The summed E-state index contributed by atoms with van der Waals surface area (Å²) in [6, 6.07) is -0.107. The lowest BCUT2D eigenvalue weighted by atomic mass is 9.67. The fourth-order valence-corrected chi connectivity index (χ4v) is 3.02. The van der Waals surface area contributed by atoms with Crippen molar-refractivity contribution >= 4 is 12.0 Å². The van der Waals surface area contributed by atoms with Crippen molar-refractivity contribution in [1.82, 2.24) is 10.2 Å². The summed E-state index contributed by atoms with van der Waals surface area (Å²) >= 11 is 0. The third-order valence-corrected chi connectivity index (χ3v) is 5.06. The van der Waals surface area contributed by atoms with Crippen LogP contribution in [0.15, 0.2) is 0 Å². The molecule has 19 heavy (non-hydrogen) atoms. The molecule has 0 bridgehead atoms. The van der Waals surface area contributed by atoms with Crippen molar-refractivity contribution in [2.45, 2.75) is 46.0 Å². The fraction of sp³-hybridized carbons (Fsp3) is 0.857. The van der Waals surface area contributed by atoms with Crippen LogP contribution in [0.2, 0.25) is 0 Å². The molecule has 1 saturated carbocycles. The molecule has 2 fully saturated rings. The summed E-state index contributed by atoms with van der Waals surface area (Å²) in [5, 5.41) is 12.1. The molecule has 2 aliphatic rings. The van der Waals surface area contributed by atoms with E-state index in [1.807, 2.05) is 0 Å². The molecular weight excluding hydrogens is 244 g/mol. The van der Waals surface area contributed by atoms with Gasteiger partial charge in [0.25, 0.3) is 0 Å². The average Bonchev–Trinajstić information content (AvgIpc) is 2.72. The number of carbonyl (C=O) groups is 2. The molecule has 0 aromatic heterocycles. The highest BCUT2D eigenvalue weighted by atomic mass is 16.4. The van der Waals surface area contributed by atoms with Gasteiger partial charge in [-0.25, -0.2) is 4.79 Å². The van der Waals surface area contributed by atoms with Crippen molar-refractivity contribution in [1.29, 1.82) is 0 Å². The molecule has 2 amide bonds. The van der Waals surface area contributed by atoms with Gasteiger partial charge in [0.1, 0.15) is 0 Å². The number of carboxylic acid groups (broad SMARTS) is 1. The van der Waals surface area contributed by atoms with E-state index in [9.17, 15) is 9.59 Å². The zero-order valence-electron chi connectivity index (χ0n) is 11.9. The van der Waals surface area contributed by atoms with E-state index in [0.717, 1.165) is 13.0 Å². The number of carbonyl (C=O) groups excluding carboxylic acids is 1. The van der Waals surface area contributed by atoms with Crippen LogP contribution in [-0.2, 0) is 4.79 Å². The second kappa shape index (κ2) is 5.02. The molecule has 5 nitrogen and oxygen atoms in total. The Hall–Kier alpha value is -1.26. The first-order valence-corrected chi connectivity index (χ1v) is 7.17. The molecule has 2 N–H and O–H groups in total. The smallest absolute Gasteiger partial charge is 0.317 e. The van der Waals surface area contributed by atoms with Crippen LogP contribution in [-0.4, -0.2) is 41.6 Å². The summed E-state index contributed by atoms with van der Waals surface area (Å²) in [7, 11) is 0. The minimum absolute atomic E-state index is 0.107. The summed E-state index contributed by atoms with van der Waals surface area (Å²) < 4.78 is 0. The van der Waals surface area contributed by atoms with E-state index in [1.165, 1.54) is 19.3 Å². The second-order valence-electron chi connectivity index (χ2n) is 6.40. The second-order valence-corrected chi connectivity index (χ2v) is 6.40. The van der Waals surface area contributed by atoms with Gasteiger partial charge in [-0.2, -0.15) is 0 Å². The Kier molecular flexibility index (Phi) is 3.74. The zero-order chi connectivity index (χ0) is 14.1. The van der Waals surface area contributed by atoms with Crippen LogP contribution < -0.4 is 5.32 Å². The number of likely N-dealkylation sites (tertiary alicyclic amines) is 1. The number of nitrogens with one attached hydrogen (secondary N) is 1. The summed E-state index contributed by atoms with van der Waals surface area (Å²) in [4.78, 5) is 24.9. The first-order chi connectivity index (χ1) is 8.91. The molecule has 0 aromatic carbocycles. The molecule has 1 aliphatic heterocycles. The van der Waals surface area contributed by atoms with E-state index in [4.69, 9.17) is 5.11 Å². The molecule has 0 radical (unpaired) electrons. The predicted molar refractivity (Wildman–Crippen MR) is 71.9 cm³/mol. The Labute approximate surface area is 114 Å². The normalized spacial score (nSPS) is 28.8. The van der Waals surface area contributed by atoms with Gasteiger partial charge in [-0.3, -0.25) is 4.79 Å². The van der Waals surface area contributed by atoms with Crippen molar-refractivity contribution in [2.24, 2.45) is 10.8 Å². The van der Waals surface area contributed by atoms with Crippen LogP contribution in [0.1, 0.15) is 46.0 Å². The minimum atomic E-state index is -0.813. The lowest BCUT2D eigenvalue weighted by Crippen LogP contribution is -2.47. The SMILES string of the molecule is CCC1(CNC(=O)N2CCC(C)(C(=O)O)C2)CCC1. The lowest BCUT2D eigenvalue weighted by Gasteiger charge is -2.41. The third-order valence-electron chi connectivity index (χ3n) is 5.06. The van der Waals surface area contributed by atoms with Crippen LogP contribution in [0.5, 0.6) is 0 Å². The molecular formula is C14H24N2O3. The monoisotopic (exact) mass is 268 g/mol. The van der Waals surface area contributed by atoms with Gasteiger partial charge < -0.3 is 15.3 Å². The minimum Gasteiger partial charge on any atom is -0.481 e. The number of urea groups is 1. The van der Waals surface area contributed by atoms with Crippen molar-refractivity contribution in [3.05, 3.63) is 0 Å². The van der Waals surface area contributed by atoms with Crippen LogP contribution in [0.3, 0.4) is 0 Å². The van der Waals surface area contributed by atoms with E-state index >= 15 is 0 Å². The zero-order valence-corrected chi connectivity index (χ0v) is 11.9. The standard InChI is InChI=1S/C14H24N2O3/c1-3-14(5-4-6-14)9-15-12(19)16-8-7-13(2,10-16)11(17)18/h3-10H2,1-2H3,(H,15,19)(H,17,18). The van der Waals surface area contributed by atoms with E-state index in [2.05, 4.69) is 12.2 Å². The van der Waals surface area contributed by atoms with E-state index in [1.54, 1.807) is 11.8 Å². The number of nitrogens with zero attached hydrogens (tertiary/aromatic N) is 1. The van der Waals surface area contributed by atoms with Gasteiger partial charge in [-0.15, -0.1) is 0 Å². The molecule has 0 aromatic rings. The number of hydrogen-bond donors (Lipinski definition) is 2. The van der Waals surface area contributed by atoms with Crippen molar-refractivity contribution in [2.75, 3.05) is 19.6 Å². The largest absolute Gasteiger partial charge is 0.481 e. The van der Waals surface area contributed by atoms with Gasteiger partial charge in [0.2, 0.25) is 0 Å². The maximum Gasteiger partial charge on any atom is 0.317 e.